The summed E-state index contributed by atoms with van der Waals surface area (Å²) < 4.78 is 5.46. The van der Waals surface area contributed by atoms with Gasteiger partial charge in [-0.1, -0.05) is 12.1 Å². The van der Waals surface area contributed by atoms with Crippen LogP contribution in [0, 0.1) is 0 Å². The zero-order valence-corrected chi connectivity index (χ0v) is 16.7. The average molecular weight is 391 g/mol. The van der Waals surface area contributed by atoms with E-state index in [1.807, 2.05) is 43.4 Å². The van der Waals surface area contributed by atoms with Crippen LogP contribution in [0.25, 0.3) is 11.3 Å². The van der Waals surface area contributed by atoms with Crippen molar-refractivity contribution in [3.05, 3.63) is 48.9 Å². The molecule has 2 N–H and O–H groups in total. The number of para-hydroxylation sites is 1. The van der Waals surface area contributed by atoms with Crippen molar-refractivity contribution in [3.8, 4) is 17.0 Å². The van der Waals surface area contributed by atoms with Crippen LogP contribution in [-0.2, 0) is 0 Å². The standard InChI is InChI=1S/C21H25N7O/c1-22-19-12-20(26-14-25-19)28-11-5-6-15(28)13-24-21-23-10-9-17(27-21)16-7-3-4-8-18(16)29-2/h3-4,7-10,12,14-15H,5-6,11,13H2,1-2H3,(H,22,25,26)(H,23,24,27). The quantitative estimate of drug-likeness (QED) is 0.635. The molecule has 1 atom stereocenters. The highest BCUT2D eigenvalue weighted by Gasteiger charge is 2.26. The molecule has 0 amide bonds. The minimum Gasteiger partial charge on any atom is -0.496 e. The van der Waals surface area contributed by atoms with Crippen LogP contribution >= 0.6 is 0 Å². The maximum absolute atomic E-state index is 5.46. The van der Waals surface area contributed by atoms with Gasteiger partial charge in [0.25, 0.3) is 0 Å². The summed E-state index contributed by atoms with van der Waals surface area (Å²) in [6.07, 6.45) is 5.60. The van der Waals surface area contributed by atoms with Gasteiger partial charge in [0.15, 0.2) is 0 Å². The van der Waals surface area contributed by atoms with E-state index in [0.29, 0.717) is 12.0 Å². The zero-order chi connectivity index (χ0) is 20.1. The molecule has 0 saturated carbocycles. The van der Waals surface area contributed by atoms with Crippen LogP contribution in [0.3, 0.4) is 0 Å². The Morgan fingerprint density at radius 2 is 2.07 bits per heavy atom. The molecule has 0 spiro atoms. The van der Waals surface area contributed by atoms with E-state index < -0.39 is 0 Å². The van der Waals surface area contributed by atoms with Crippen LogP contribution in [0.5, 0.6) is 5.75 Å². The van der Waals surface area contributed by atoms with Crippen LogP contribution in [0.4, 0.5) is 17.6 Å². The summed E-state index contributed by atoms with van der Waals surface area (Å²) in [4.78, 5) is 20.0. The molecular formula is C21H25N7O. The van der Waals surface area contributed by atoms with Crippen molar-refractivity contribution in [2.45, 2.75) is 18.9 Å². The number of aromatic nitrogens is 4. The number of nitrogens with zero attached hydrogens (tertiary/aromatic N) is 5. The normalized spacial score (nSPS) is 15.9. The summed E-state index contributed by atoms with van der Waals surface area (Å²) >= 11 is 0. The first-order chi connectivity index (χ1) is 14.3. The molecule has 2 aromatic heterocycles. The molecule has 1 aromatic carbocycles. The Morgan fingerprint density at radius 1 is 1.17 bits per heavy atom. The van der Waals surface area contributed by atoms with Gasteiger partial charge in [0.05, 0.1) is 12.8 Å². The summed E-state index contributed by atoms with van der Waals surface area (Å²) in [5.41, 5.74) is 1.78. The second-order valence-corrected chi connectivity index (χ2v) is 6.85. The lowest BCUT2D eigenvalue weighted by molar-refractivity contribution is 0.416. The maximum Gasteiger partial charge on any atom is 0.223 e. The Hall–Kier alpha value is -3.42. The fourth-order valence-corrected chi connectivity index (χ4v) is 3.65. The van der Waals surface area contributed by atoms with Crippen molar-refractivity contribution in [2.24, 2.45) is 0 Å². The molecule has 0 aliphatic carbocycles. The molecule has 1 unspecified atom stereocenters. The molecule has 150 valence electrons. The van der Waals surface area contributed by atoms with Crippen molar-refractivity contribution >= 4 is 17.6 Å². The number of hydrogen-bond donors (Lipinski definition) is 2. The Kier molecular flexibility index (Phi) is 5.69. The van der Waals surface area contributed by atoms with E-state index in [1.54, 1.807) is 19.6 Å². The molecule has 1 aliphatic rings. The molecule has 3 heterocycles. The van der Waals surface area contributed by atoms with Crippen LogP contribution < -0.4 is 20.3 Å². The second kappa shape index (κ2) is 8.72. The third kappa shape index (κ3) is 4.21. The predicted molar refractivity (Wildman–Crippen MR) is 114 cm³/mol. The summed E-state index contributed by atoms with van der Waals surface area (Å²) in [5.74, 6) is 3.17. The zero-order valence-electron chi connectivity index (χ0n) is 16.7. The lowest BCUT2D eigenvalue weighted by Gasteiger charge is -2.26. The van der Waals surface area contributed by atoms with Gasteiger partial charge in [0.2, 0.25) is 5.95 Å². The lowest BCUT2D eigenvalue weighted by Crippen LogP contribution is -2.35. The fourth-order valence-electron chi connectivity index (χ4n) is 3.65. The predicted octanol–water partition coefficient (Wildman–Crippen LogP) is 3.06. The van der Waals surface area contributed by atoms with E-state index in [2.05, 4.69) is 35.5 Å². The van der Waals surface area contributed by atoms with Gasteiger partial charge < -0.3 is 20.3 Å². The number of hydrogen-bond acceptors (Lipinski definition) is 8. The lowest BCUT2D eigenvalue weighted by atomic mass is 10.1. The number of benzene rings is 1. The third-order valence-electron chi connectivity index (χ3n) is 5.11. The van der Waals surface area contributed by atoms with E-state index in [1.165, 1.54) is 0 Å². The second-order valence-electron chi connectivity index (χ2n) is 6.85. The number of nitrogens with one attached hydrogen (secondary N) is 2. The van der Waals surface area contributed by atoms with Gasteiger partial charge in [-0.2, -0.15) is 0 Å². The van der Waals surface area contributed by atoms with E-state index in [9.17, 15) is 0 Å². The fraction of sp³-hybridized carbons (Fsp3) is 0.333. The molecule has 29 heavy (non-hydrogen) atoms. The minimum atomic E-state index is 0.327. The average Bonchev–Trinajstić information content (AvgIpc) is 3.26. The van der Waals surface area contributed by atoms with Gasteiger partial charge in [-0.3, -0.25) is 0 Å². The largest absolute Gasteiger partial charge is 0.496 e. The number of ether oxygens (including phenoxy) is 1. The van der Waals surface area contributed by atoms with Crippen molar-refractivity contribution in [3.63, 3.8) is 0 Å². The molecule has 0 radical (unpaired) electrons. The van der Waals surface area contributed by atoms with Crippen molar-refractivity contribution in [1.82, 2.24) is 19.9 Å². The van der Waals surface area contributed by atoms with Gasteiger partial charge in [-0.25, -0.2) is 19.9 Å². The number of rotatable bonds is 7. The molecule has 4 rings (SSSR count). The smallest absolute Gasteiger partial charge is 0.223 e. The first kappa shape index (κ1) is 18.9. The van der Waals surface area contributed by atoms with Crippen LogP contribution in [0.2, 0.25) is 0 Å². The van der Waals surface area contributed by atoms with Gasteiger partial charge in [-0.15, -0.1) is 0 Å². The summed E-state index contributed by atoms with van der Waals surface area (Å²) in [5, 5.41) is 6.47. The van der Waals surface area contributed by atoms with E-state index in [4.69, 9.17) is 4.74 Å². The maximum atomic E-state index is 5.46. The monoisotopic (exact) mass is 391 g/mol. The molecule has 1 saturated heterocycles. The molecule has 1 fully saturated rings. The van der Waals surface area contributed by atoms with Gasteiger partial charge in [-0.05, 0) is 31.0 Å². The minimum absolute atomic E-state index is 0.327. The van der Waals surface area contributed by atoms with Gasteiger partial charge in [0.1, 0.15) is 23.7 Å². The highest BCUT2D eigenvalue weighted by molar-refractivity contribution is 5.67. The van der Waals surface area contributed by atoms with Crippen molar-refractivity contribution in [1.29, 1.82) is 0 Å². The summed E-state index contributed by atoms with van der Waals surface area (Å²) in [6, 6.07) is 12.1. The third-order valence-corrected chi connectivity index (χ3v) is 5.11. The Balaban J connectivity index is 1.47. The Morgan fingerprint density at radius 3 is 2.93 bits per heavy atom. The number of methoxy groups -OCH3 is 1. The van der Waals surface area contributed by atoms with Crippen LogP contribution in [0.15, 0.2) is 48.9 Å². The summed E-state index contributed by atoms with van der Waals surface area (Å²) in [7, 11) is 3.53. The van der Waals surface area contributed by atoms with E-state index in [0.717, 1.165) is 54.6 Å². The highest BCUT2D eigenvalue weighted by atomic mass is 16.5. The summed E-state index contributed by atoms with van der Waals surface area (Å²) in [6.45, 7) is 1.73. The molecule has 8 heteroatoms. The van der Waals surface area contributed by atoms with E-state index in [-0.39, 0.29) is 0 Å². The Labute approximate surface area is 170 Å². The van der Waals surface area contributed by atoms with E-state index >= 15 is 0 Å². The first-order valence-corrected chi connectivity index (χ1v) is 9.75. The van der Waals surface area contributed by atoms with Crippen molar-refractivity contribution in [2.75, 3.05) is 42.8 Å². The topological polar surface area (TPSA) is 88.1 Å². The SMILES string of the molecule is CNc1cc(N2CCCC2CNc2nccc(-c3ccccc3OC)n2)ncn1. The molecule has 1 aliphatic heterocycles. The van der Waals surface area contributed by atoms with Crippen LogP contribution in [0.1, 0.15) is 12.8 Å². The van der Waals surface area contributed by atoms with Gasteiger partial charge >= 0.3 is 0 Å². The molecule has 8 nitrogen and oxygen atoms in total. The Bertz CT molecular complexity index is 965. The van der Waals surface area contributed by atoms with Crippen LogP contribution in [-0.4, -0.2) is 53.2 Å². The molecular weight excluding hydrogens is 366 g/mol. The van der Waals surface area contributed by atoms with Gasteiger partial charge in [0, 0.05) is 44.0 Å². The number of anilines is 3. The molecule has 0 bridgehead atoms. The molecule has 3 aromatic rings. The van der Waals surface area contributed by atoms with Crippen molar-refractivity contribution < 1.29 is 4.74 Å². The first-order valence-electron chi connectivity index (χ1n) is 9.75. The highest BCUT2D eigenvalue weighted by Crippen LogP contribution is 2.29.